The second-order valence-corrected chi connectivity index (χ2v) is 5.41. The largest absolute Gasteiger partial charge is 0.481 e. The van der Waals surface area contributed by atoms with Crippen molar-refractivity contribution in [3.8, 4) is 0 Å². The molecule has 2 heterocycles. The van der Waals surface area contributed by atoms with Crippen molar-refractivity contribution >= 4 is 11.8 Å². The second kappa shape index (κ2) is 4.46. The zero-order valence-electron chi connectivity index (χ0n) is 10.7. The predicted molar refractivity (Wildman–Crippen MR) is 68.0 cm³/mol. The molecule has 2 saturated heterocycles. The fraction of sp³-hybridized carbons (Fsp3) is 0.467. The highest BCUT2D eigenvalue weighted by Crippen LogP contribution is 2.44. The van der Waals surface area contributed by atoms with Crippen LogP contribution in [0.1, 0.15) is 28.8 Å². The number of carbonyl (C=O) groups excluding carboxylic acids is 1. The van der Waals surface area contributed by atoms with Crippen molar-refractivity contribution in [2.45, 2.75) is 32.0 Å². The Morgan fingerprint density at radius 3 is 2.26 bits per heavy atom. The van der Waals surface area contributed by atoms with E-state index in [9.17, 15) is 14.7 Å². The van der Waals surface area contributed by atoms with Gasteiger partial charge in [0.25, 0.3) is 0 Å². The number of ether oxygens (including phenoxy) is 1. The number of carboxylic acid groups (broad SMARTS) is 1. The maximum Gasteiger partial charge on any atom is 0.309 e. The van der Waals surface area contributed by atoms with E-state index in [1.807, 2.05) is 19.1 Å². The summed E-state index contributed by atoms with van der Waals surface area (Å²) < 4.78 is 5.62. The van der Waals surface area contributed by atoms with Gasteiger partial charge in [0.15, 0.2) is 5.78 Å². The molecule has 2 aliphatic rings. The van der Waals surface area contributed by atoms with E-state index < -0.39 is 17.8 Å². The summed E-state index contributed by atoms with van der Waals surface area (Å²) in [6.45, 7) is 1.95. The molecule has 2 fully saturated rings. The first kappa shape index (κ1) is 12.4. The lowest BCUT2D eigenvalue weighted by Gasteiger charge is -2.23. The van der Waals surface area contributed by atoms with Crippen molar-refractivity contribution < 1.29 is 19.4 Å². The number of rotatable bonds is 3. The van der Waals surface area contributed by atoms with Gasteiger partial charge in [-0.3, -0.25) is 9.59 Å². The number of hydrogen-bond donors (Lipinski definition) is 1. The van der Waals surface area contributed by atoms with Crippen molar-refractivity contribution in [2.24, 2.45) is 11.8 Å². The van der Waals surface area contributed by atoms with Gasteiger partial charge in [0.05, 0.1) is 24.0 Å². The molecule has 0 aliphatic carbocycles. The van der Waals surface area contributed by atoms with Gasteiger partial charge in [0, 0.05) is 5.56 Å². The van der Waals surface area contributed by atoms with Crippen LogP contribution in [0.2, 0.25) is 0 Å². The number of carboxylic acids is 1. The molecule has 0 radical (unpaired) electrons. The summed E-state index contributed by atoms with van der Waals surface area (Å²) in [4.78, 5) is 23.9. The molecule has 4 nitrogen and oxygen atoms in total. The summed E-state index contributed by atoms with van der Waals surface area (Å²) in [5.41, 5.74) is 1.66. The number of aryl methyl sites for hydroxylation is 1. The highest BCUT2D eigenvalue weighted by atomic mass is 16.5. The lowest BCUT2D eigenvalue weighted by Crippen LogP contribution is -2.38. The first-order valence-electron chi connectivity index (χ1n) is 6.57. The van der Waals surface area contributed by atoms with Crippen LogP contribution in [0, 0.1) is 18.8 Å². The van der Waals surface area contributed by atoms with E-state index >= 15 is 0 Å². The normalized spacial score (nSPS) is 32.5. The van der Waals surface area contributed by atoms with E-state index in [0.717, 1.165) is 18.4 Å². The average Bonchev–Trinajstić information content (AvgIpc) is 2.98. The lowest BCUT2D eigenvalue weighted by atomic mass is 9.75. The molecule has 1 N–H and O–H groups in total. The highest BCUT2D eigenvalue weighted by molar-refractivity contribution is 6.00. The van der Waals surface area contributed by atoms with Crippen LogP contribution in [0.25, 0.3) is 0 Å². The Hall–Kier alpha value is -1.68. The van der Waals surface area contributed by atoms with Crippen LogP contribution in [0.15, 0.2) is 24.3 Å². The third-order valence-electron chi connectivity index (χ3n) is 4.20. The van der Waals surface area contributed by atoms with Gasteiger partial charge in [0.2, 0.25) is 0 Å². The third kappa shape index (κ3) is 1.96. The third-order valence-corrected chi connectivity index (χ3v) is 4.20. The quantitative estimate of drug-likeness (QED) is 0.845. The Morgan fingerprint density at radius 1 is 1.11 bits per heavy atom. The van der Waals surface area contributed by atoms with Crippen LogP contribution in [0.4, 0.5) is 0 Å². The monoisotopic (exact) mass is 260 g/mol. The first-order valence-corrected chi connectivity index (χ1v) is 6.57. The van der Waals surface area contributed by atoms with Gasteiger partial charge < -0.3 is 9.84 Å². The Balaban J connectivity index is 1.90. The highest BCUT2D eigenvalue weighted by Gasteiger charge is 2.55. The molecule has 2 aliphatic heterocycles. The topological polar surface area (TPSA) is 63.6 Å². The number of benzene rings is 1. The zero-order valence-corrected chi connectivity index (χ0v) is 10.7. The minimum absolute atomic E-state index is 0.0976. The van der Waals surface area contributed by atoms with Crippen LogP contribution in [-0.2, 0) is 9.53 Å². The predicted octanol–water partition coefficient (Wildman–Crippen LogP) is 2.06. The summed E-state index contributed by atoms with van der Waals surface area (Å²) in [5.74, 6) is -2.23. The van der Waals surface area contributed by atoms with Crippen LogP contribution in [0.5, 0.6) is 0 Å². The summed E-state index contributed by atoms with van der Waals surface area (Å²) in [7, 11) is 0. The van der Waals surface area contributed by atoms with Crippen molar-refractivity contribution in [2.75, 3.05) is 0 Å². The zero-order chi connectivity index (χ0) is 13.6. The van der Waals surface area contributed by atoms with Crippen LogP contribution < -0.4 is 0 Å². The SMILES string of the molecule is Cc1ccc(C(=O)[C@H]2[C@H](C(=O)O)[C@H]3CC[C@@H]2O3)cc1. The molecule has 0 saturated carbocycles. The fourth-order valence-corrected chi connectivity index (χ4v) is 3.23. The average molecular weight is 260 g/mol. The second-order valence-electron chi connectivity index (χ2n) is 5.41. The lowest BCUT2D eigenvalue weighted by molar-refractivity contribution is -0.144. The van der Waals surface area contributed by atoms with Crippen LogP contribution in [-0.4, -0.2) is 29.1 Å². The molecular weight excluding hydrogens is 244 g/mol. The van der Waals surface area contributed by atoms with Gasteiger partial charge in [-0.1, -0.05) is 29.8 Å². The number of carbonyl (C=O) groups is 2. The van der Waals surface area contributed by atoms with Crippen molar-refractivity contribution in [1.29, 1.82) is 0 Å². The number of ketones is 1. The molecule has 1 aromatic carbocycles. The van der Waals surface area contributed by atoms with Gasteiger partial charge in [0.1, 0.15) is 0 Å². The van der Waals surface area contributed by atoms with Crippen molar-refractivity contribution in [3.05, 3.63) is 35.4 Å². The van der Waals surface area contributed by atoms with E-state index in [2.05, 4.69) is 0 Å². The number of Topliss-reactive ketones (excluding diaryl/α,β-unsaturated/α-hetero) is 1. The van der Waals surface area contributed by atoms with E-state index in [0.29, 0.717) is 5.56 Å². The van der Waals surface area contributed by atoms with Crippen molar-refractivity contribution in [1.82, 2.24) is 0 Å². The smallest absolute Gasteiger partial charge is 0.309 e. The molecule has 100 valence electrons. The molecular formula is C15H16O4. The van der Waals surface area contributed by atoms with Gasteiger partial charge in [-0.05, 0) is 19.8 Å². The molecule has 0 spiro atoms. The number of fused-ring (bicyclic) bond motifs is 2. The fourth-order valence-electron chi connectivity index (χ4n) is 3.23. The minimum atomic E-state index is -0.919. The minimum Gasteiger partial charge on any atom is -0.481 e. The van der Waals surface area contributed by atoms with E-state index in [1.165, 1.54) is 0 Å². The maximum atomic E-state index is 12.5. The molecule has 0 unspecified atom stereocenters. The van der Waals surface area contributed by atoms with Gasteiger partial charge >= 0.3 is 5.97 Å². The Kier molecular flexibility index (Phi) is 2.90. The molecule has 4 atom stereocenters. The maximum absolute atomic E-state index is 12.5. The summed E-state index contributed by atoms with van der Waals surface area (Å²) in [6, 6.07) is 7.28. The van der Waals surface area contributed by atoms with Crippen molar-refractivity contribution in [3.63, 3.8) is 0 Å². The van der Waals surface area contributed by atoms with Crippen LogP contribution in [0.3, 0.4) is 0 Å². The van der Waals surface area contributed by atoms with E-state index in [4.69, 9.17) is 4.74 Å². The number of hydrogen-bond acceptors (Lipinski definition) is 3. The molecule has 4 heteroatoms. The van der Waals surface area contributed by atoms with Gasteiger partial charge in [-0.15, -0.1) is 0 Å². The Bertz CT molecular complexity index is 519. The molecule has 1 aromatic rings. The first-order chi connectivity index (χ1) is 9.08. The molecule has 0 aromatic heterocycles. The summed E-state index contributed by atoms with van der Waals surface area (Å²) >= 11 is 0. The van der Waals surface area contributed by atoms with E-state index in [1.54, 1.807) is 12.1 Å². The van der Waals surface area contributed by atoms with Crippen LogP contribution >= 0.6 is 0 Å². The summed E-state index contributed by atoms with van der Waals surface area (Å²) in [5, 5.41) is 9.31. The molecule has 2 bridgehead atoms. The van der Waals surface area contributed by atoms with E-state index in [-0.39, 0.29) is 18.0 Å². The summed E-state index contributed by atoms with van der Waals surface area (Å²) in [6.07, 6.45) is 1.03. The standard InChI is InChI=1S/C15H16O4/c1-8-2-4-9(5-3-8)14(16)12-10-6-7-11(19-10)13(12)15(17)18/h2-5,10-13H,6-7H2,1H3,(H,17,18)/t10-,11+,12+,13+/m0/s1. The molecule has 19 heavy (non-hydrogen) atoms. The van der Waals surface area contributed by atoms with Gasteiger partial charge in [-0.2, -0.15) is 0 Å². The molecule has 3 rings (SSSR count). The number of aliphatic carboxylic acids is 1. The Labute approximate surface area is 111 Å². The Morgan fingerprint density at radius 2 is 1.68 bits per heavy atom. The molecule has 0 amide bonds. The van der Waals surface area contributed by atoms with Gasteiger partial charge in [-0.25, -0.2) is 0 Å².